The quantitative estimate of drug-likeness (QED) is 0.470. The number of amides is 1. The number of ether oxygens (including phenoxy) is 1. The third kappa shape index (κ3) is 6.21. The fourth-order valence-electron chi connectivity index (χ4n) is 2.84. The maximum Gasteiger partial charge on any atom is 0.264 e. The summed E-state index contributed by atoms with van der Waals surface area (Å²) in [7, 11) is -4.01. The molecule has 0 atom stereocenters. The minimum Gasteiger partial charge on any atom is -0.492 e. The SMILES string of the molecule is Cc1ccc(N(CC(=O)NCCOc2ccc(F)cc2)S(=O)(=O)c2ccc(Cl)cc2)cc1. The van der Waals surface area contributed by atoms with Gasteiger partial charge in [0, 0.05) is 5.02 Å². The number of aryl methyl sites for hydroxylation is 1. The molecule has 0 radical (unpaired) electrons. The highest BCUT2D eigenvalue weighted by Gasteiger charge is 2.27. The first-order valence-electron chi connectivity index (χ1n) is 9.76. The molecule has 0 unspecified atom stereocenters. The number of nitrogens with zero attached hydrogens (tertiary/aromatic N) is 1. The van der Waals surface area contributed by atoms with E-state index >= 15 is 0 Å². The third-order valence-corrected chi connectivity index (χ3v) is 6.56. The van der Waals surface area contributed by atoms with E-state index in [1.807, 2.05) is 6.92 Å². The van der Waals surface area contributed by atoms with E-state index in [2.05, 4.69) is 5.32 Å². The second-order valence-corrected chi connectivity index (χ2v) is 9.25. The van der Waals surface area contributed by atoms with Crippen molar-refractivity contribution in [2.24, 2.45) is 0 Å². The number of hydrogen-bond donors (Lipinski definition) is 1. The standard InChI is InChI=1S/C23H22ClFN2O4S/c1-17-2-8-20(9-3-17)27(32(29,30)22-12-4-18(24)5-13-22)16-23(28)26-14-15-31-21-10-6-19(25)7-11-21/h2-13H,14-16H2,1H3,(H,26,28). The van der Waals surface area contributed by atoms with Gasteiger partial charge in [-0.3, -0.25) is 9.10 Å². The predicted molar refractivity (Wildman–Crippen MR) is 122 cm³/mol. The zero-order valence-electron chi connectivity index (χ0n) is 17.3. The van der Waals surface area contributed by atoms with Crippen molar-refractivity contribution in [3.8, 4) is 5.75 Å². The summed E-state index contributed by atoms with van der Waals surface area (Å²) in [5, 5.41) is 3.05. The van der Waals surface area contributed by atoms with E-state index in [4.69, 9.17) is 16.3 Å². The van der Waals surface area contributed by atoms with Crippen LogP contribution in [0.4, 0.5) is 10.1 Å². The van der Waals surface area contributed by atoms with E-state index in [1.54, 1.807) is 24.3 Å². The minimum atomic E-state index is -4.01. The van der Waals surface area contributed by atoms with Crippen LogP contribution in [0.5, 0.6) is 5.75 Å². The van der Waals surface area contributed by atoms with Crippen LogP contribution < -0.4 is 14.4 Å². The molecule has 0 saturated carbocycles. The van der Waals surface area contributed by atoms with E-state index in [1.165, 1.54) is 48.5 Å². The van der Waals surface area contributed by atoms with Crippen LogP contribution in [-0.4, -0.2) is 34.0 Å². The summed E-state index contributed by atoms with van der Waals surface area (Å²) in [6.45, 7) is 1.77. The maximum atomic E-state index is 13.3. The van der Waals surface area contributed by atoms with E-state index in [-0.39, 0.29) is 23.9 Å². The van der Waals surface area contributed by atoms with Crippen molar-refractivity contribution in [1.29, 1.82) is 0 Å². The lowest BCUT2D eigenvalue weighted by Crippen LogP contribution is -2.41. The molecule has 9 heteroatoms. The average Bonchev–Trinajstić information content (AvgIpc) is 2.77. The monoisotopic (exact) mass is 476 g/mol. The smallest absolute Gasteiger partial charge is 0.264 e. The van der Waals surface area contributed by atoms with Crippen molar-refractivity contribution >= 4 is 33.2 Å². The molecule has 1 amide bonds. The van der Waals surface area contributed by atoms with Crippen LogP contribution in [0.25, 0.3) is 0 Å². The number of halogens is 2. The number of anilines is 1. The Balaban J connectivity index is 1.69. The van der Waals surface area contributed by atoms with Gasteiger partial charge in [-0.05, 0) is 67.6 Å². The molecular formula is C23H22ClFN2O4S. The van der Waals surface area contributed by atoms with E-state index < -0.39 is 22.5 Å². The summed E-state index contributed by atoms with van der Waals surface area (Å²) in [5.74, 6) is -0.401. The fraction of sp³-hybridized carbons (Fsp3) is 0.174. The van der Waals surface area contributed by atoms with Crippen LogP contribution in [0, 0.1) is 12.7 Å². The number of benzene rings is 3. The summed E-state index contributed by atoms with van der Waals surface area (Å²) in [6.07, 6.45) is 0. The van der Waals surface area contributed by atoms with E-state index in [0.717, 1.165) is 9.87 Å². The summed E-state index contributed by atoms with van der Waals surface area (Å²) in [5.41, 5.74) is 1.32. The topological polar surface area (TPSA) is 75.7 Å². The first-order chi connectivity index (χ1) is 15.3. The van der Waals surface area contributed by atoms with Gasteiger partial charge in [-0.15, -0.1) is 0 Å². The van der Waals surface area contributed by atoms with Gasteiger partial charge < -0.3 is 10.1 Å². The molecule has 3 aromatic rings. The Morgan fingerprint density at radius 3 is 2.25 bits per heavy atom. The van der Waals surface area contributed by atoms with Crippen molar-refractivity contribution in [2.45, 2.75) is 11.8 Å². The predicted octanol–water partition coefficient (Wildman–Crippen LogP) is 4.18. The molecule has 0 heterocycles. The molecule has 0 aliphatic heterocycles. The van der Waals surface area contributed by atoms with Crippen molar-refractivity contribution in [3.63, 3.8) is 0 Å². The molecular weight excluding hydrogens is 455 g/mol. The van der Waals surface area contributed by atoms with Gasteiger partial charge in [0.1, 0.15) is 24.7 Å². The number of carbonyl (C=O) groups excluding carboxylic acids is 1. The Kier molecular flexibility index (Phi) is 7.71. The lowest BCUT2D eigenvalue weighted by Gasteiger charge is -2.24. The largest absolute Gasteiger partial charge is 0.492 e. The Morgan fingerprint density at radius 2 is 1.62 bits per heavy atom. The molecule has 168 valence electrons. The van der Waals surface area contributed by atoms with Crippen molar-refractivity contribution in [2.75, 3.05) is 24.0 Å². The van der Waals surface area contributed by atoms with Crippen LogP contribution >= 0.6 is 11.6 Å². The first kappa shape index (κ1) is 23.6. The minimum absolute atomic E-state index is 0.0231. The van der Waals surface area contributed by atoms with Gasteiger partial charge in [0.2, 0.25) is 5.91 Å². The normalized spacial score (nSPS) is 11.1. The molecule has 1 N–H and O–H groups in total. The molecule has 0 bridgehead atoms. The van der Waals surface area contributed by atoms with Gasteiger partial charge >= 0.3 is 0 Å². The summed E-state index contributed by atoms with van der Waals surface area (Å²) in [6, 6.07) is 18.1. The lowest BCUT2D eigenvalue weighted by atomic mass is 10.2. The highest BCUT2D eigenvalue weighted by molar-refractivity contribution is 7.92. The number of carbonyl (C=O) groups is 1. The Bertz CT molecular complexity index is 1150. The number of nitrogens with one attached hydrogen (secondary N) is 1. The summed E-state index contributed by atoms with van der Waals surface area (Å²) in [4.78, 5) is 12.6. The average molecular weight is 477 g/mol. The first-order valence-corrected chi connectivity index (χ1v) is 11.6. The van der Waals surface area contributed by atoms with Crippen LogP contribution in [0.2, 0.25) is 5.02 Å². The Hall–Kier alpha value is -3.10. The molecule has 32 heavy (non-hydrogen) atoms. The highest BCUT2D eigenvalue weighted by atomic mass is 35.5. The number of rotatable bonds is 9. The molecule has 0 aliphatic rings. The lowest BCUT2D eigenvalue weighted by molar-refractivity contribution is -0.119. The molecule has 0 aromatic heterocycles. The second kappa shape index (κ2) is 10.5. The molecule has 3 aromatic carbocycles. The fourth-order valence-corrected chi connectivity index (χ4v) is 4.38. The summed E-state index contributed by atoms with van der Waals surface area (Å²) < 4.78 is 45.9. The van der Waals surface area contributed by atoms with Gasteiger partial charge in [-0.1, -0.05) is 29.3 Å². The van der Waals surface area contributed by atoms with Crippen LogP contribution in [0.1, 0.15) is 5.56 Å². The maximum absolute atomic E-state index is 13.3. The number of sulfonamides is 1. The van der Waals surface area contributed by atoms with Gasteiger partial charge in [0.05, 0.1) is 17.1 Å². The molecule has 0 fully saturated rings. The van der Waals surface area contributed by atoms with Crippen LogP contribution in [0.3, 0.4) is 0 Å². The molecule has 0 spiro atoms. The number of hydrogen-bond acceptors (Lipinski definition) is 4. The van der Waals surface area contributed by atoms with Gasteiger partial charge in [0.25, 0.3) is 10.0 Å². The van der Waals surface area contributed by atoms with Crippen molar-refractivity contribution in [3.05, 3.63) is 89.2 Å². The second-order valence-electron chi connectivity index (χ2n) is 6.95. The van der Waals surface area contributed by atoms with Gasteiger partial charge in [-0.25, -0.2) is 12.8 Å². The van der Waals surface area contributed by atoms with Crippen LogP contribution in [-0.2, 0) is 14.8 Å². The molecule has 6 nitrogen and oxygen atoms in total. The summed E-state index contributed by atoms with van der Waals surface area (Å²) >= 11 is 5.88. The third-order valence-electron chi connectivity index (χ3n) is 4.52. The zero-order chi connectivity index (χ0) is 23.1. The Morgan fingerprint density at radius 1 is 1.00 bits per heavy atom. The molecule has 0 saturated heterocycles. The highest BCUT2D eigenvalue weighted by Crippen LogP contribution is 2.25. The van der Waals surface area contributed by atoms with E-state index in [9.17, 15) is 17.6 Å². The van der Waals surface area contributed by atoms with Crippen LogP contribution in [0.15, 0.2) is 77.7 Å². The Labute approximate surface area is 191 Å². The zero-order valence-corrected chi connectivity index (χ0v) is 18.9. The van der Waals surface area contributed by atoms with Crippen molar-refractivity contribution in [1.82, 2.24) is 5.32 Å². The van der Waals surface area contributed by atoms with Gasteiger partial charge in [-0.2, -0.15) is 0 Å². The van der Waals surface area contributed by atoms with Crippen molar-refractivity contribution < 1.29 is 22.3 Å². The van der Waals surface area contributed by atoms with E-state index in [0.29, 0.717) is 16.5 Å². The molecule has 3 rings (SSSR count). The van der Waals surface area contributed by atoms with Gasteiger partial charge in [0.15, 0.2) is 0 Å². The molecule has 0 aliphatic carbocycles.